The smallest absolute Gasteiger partial charge is 0.339 e. The van der Waals surface area contributed by atoms with Crippen LogP contribution in [0.1, 0.15) is 36.7 Å². The van der Waals surface area contributed by atoms with Gasteiger partial charge in [0.25, 0.3) is 0 Å². The minimum Gasteiger partial charge on any atom is -0.508 e. The van der Waals surface area contributed by atoms with Gasteiger partial charge in [-0.2, -0.15) is 0 Å². The third-order valence-corrected chi connectivity index (χ3v) is 5.93. The predicted octanol–water partition coefficient (Wildman–Crippen LogP) is 7.08. The number of fused-ring (bicyclic) bond motifs is 1. The van der Waals surface area contributed by atoms with Gasteiger partial charge in [-0.15, -0.1) is 0 Å². The minimum absolute atomic E-state index is 0.226. The number of ether oxygens (including phenoxy) is 1. The summed E-state index contributed by atoms with van der Waals surface area (Å²) in [6, 6.07) is 31.0. The van der Waals surface area contributed by atoms with Crippen LogP contribution in [0.2, 0.25) is 0 Å². The lowest BCUT2D eigenvalue weighted by Crippen LogP contribution is -2.24. The number of hydrogen-bond donors (Lipinski definition) is 1. The molecule has 36 heavy (non-hydrogen) atoms. The van der Waals surface area contributed by atoms with E-state index in [9.17, 15) is 9.90 Å². The number of phenolic OH excluding ortho intramolecular Hbond substituents is 1. The van der Waals surface area contributed by atoms with Crippen LogP contribution in [0.15, 0.2) is 97.1 Å². The Balaban J connectivity index is 1.48. The number of aromatic nitrogens is 2. The van der Waals surface area contributed by atoms with Crippen molar-refractivity contribution in [1.29, 1.82) is 0 Å². The average molecular weight is 477 g/mol. The van der Waals surface area contributed by atoms with Crippen LogP contribution in [0.4, 0.5) is 0 Å². The number of carbonyl (C=O) groups excluding carboxylic acids is 1. The lowest BCUT2D eigenvalue weighted by molar-refractivity contribution is 0.00704. The molecule has 5 aromatic rings. The van der Waals surface area contributed by atoms with Gasteiger partial charge in [0.15, 0.2) is 0 Å². The average Bonchev–Trinajstić information content (AvgIpc) is 3.22. The molecule has 0 unspecified atom stereocenters. The van der Waals surface area contributed by atoms with Gasteiger partial charge in [-0.1, -0.05) is 54.6 Å². The van der Waals surface area contributed by atoms with Crippen molar-refractivity contribution < 1.29 is 14.6 Å². The van der Waals surface area contributed by atoms with E-state index in [4.69, 9.17) is 9.72 Å². The Morgan fingerprint density at radius 3 is 2.19 bits per heavy atom. The summed E-state index contributed by atoms with van der Waals surface area (Å²) in [6.45, 7) is 6.24. The molecule has 5 heteroatoms. The molecule has 5 nitrogen and oxygen atoms in total. The van der Waals surface area contributed by atoms with E-state index in [0.29, 0.717) is 12.1 Å². The molecule has 0 spiro atoms. The van der Waals surface area contributed by atoms with Crippen LogP contribution < -0.4 is 0 Å². The zero-order chi connectivity index (χ0) is 25.3. The van der Waals surface area contributed by atoms with Crippen molar-refractivity contribution in [3.05, 3.63) is 108 Å². The molecule has 0 radical (unpaired) electrons. The first-order valence-electron chi connectivity index (χ1n) is 11.9. The van der Waals surface area contributed by atoms with E-state index in [-0.39, 0.29) is 11.7 Å². The van der Waals surface area contributed by atoms with E-state index in [1.165, 1.54) is 0 Å². The van der Waals surface area contributed by atoms with Crippen molar-refractivity contribution in [1.82, 2.24) is 9.55 Å². The molecule has 180 valence electrons. The van der Waals surface area contributed by atoms with Gasteiger partial charge in [-0.3, -0.25) is 0 Å². The first-order valence-corrected chi connectivity index (χ1v) is 11.9. The number of para-hydroxylation sites is 2. The van der Waals surface area contributed by atoms with Gasteiger partial charge in [-0.25, -0.2) is 9.78 Å². The van der Waals surface area contributed by atoms with Crippen molar-refractivity contribution >= 4 is 17.0 Å². The molecule has 0 aliphatic rings. The molecule has 1 aromatic heterocycles. The summed E-state index contributed by atoms with van der Waals surface area (Å²) in [7, 11) is 0. The number of carbonyl (C=O) groups is 1. The Morgan fingerprint density at radius 1 is 0.833 bits per heavy atom. The number of nitrogens with zero attached hydrogens (tertiary/aromatic N) is 2. The molecule has 0 amide bonds. The molecular weight excluding hydrogens is 448 g/mol. The van der Waals surface area contributed by atoms with E-state index >= 15 is 0 Å². The Labute approximate surface area is 210 Å². The molecule has 4 aromatic carbocycles. The molecule has 0 bridgehead atoms. The third-order valence-electron chi connectivity index (χ3n) is 5.93. The molecule has 0 aliphatic heterocycles. The molecule has 0 saturated carbocycles. The topological polar surface area (TPSA) is 64.3 Å². The van der Waals surface area contributed by atoms with Gasteiger partial charge >= 0.3 is 5.97 Å². The van der Waals surface area contributed by atoms with Gasteiger partial charge in [0.2, 0.25) is 0 Å². The highest BCUT2D eigenvalue weighted by atomic mass is 16.6. The first-order chi connectivity index (χ1) is 17.3. The fraction of sp³-hybridized carbons (Fsp3) is 0.161. The van der Waals surface area contributed by atoms with Crippen LogP contribution in [0.25, 0.3) is 33.5 Å². The Hall–Kier alpha value is -4.38. The lowest BCUT2D eigenvalue weighted by atomic mass is 9.98. The number of imidazole rings is 1. The van der Waals surface area contributed by atoms with E-state index in [1.54, 1.807) is 18.2 Å². The fourth-order valence-electron chi connectivity index (χ4n) is 4.28. The van der Waals surface area contributed by atoms with Crippen LogP contribution in [0.3, 0.4) is 0 Å². The maximum Gasteiger partial charge on any atom is 0.339 e. The number of phenols is 1. The molecule has 1 N–H and O–H groups in total. The standard InChI is InChI=1S/C31H28N2O3/c1-31(2,3)36-30(35)26-9-5-4-8-25(26)22-14-12-21(13-15-22)20-33-28-11-7-6-10-27(28)32-29(33)23-16-18-24(34)19-17-23/h4-19,34H,20H2,1-3H3. The first kappa shape index (κ1) is 23.4. The van der Waals surface area contributed by atoms with E-state index < -0.39 is 5.60 Å². The van der Waals surface area contributed by atoms with Crippen LogP contribution in [0, 0.1) is 0 Å². The number of hydrogen-bond acceptors (Lipinski definition) is 4. The molecule has 5 rings (SSSR count). The van der Waals surface area contributed by atoms with Crippen molar-refractivity contribution in [2.75, 3.05) is 0 Å². The normalized spacial score (nSPS) is 11.5. The van der Waals surface area contributed by atoms with Gasteiger partial charge in [0.1, 0.15) is 17.2 Å². The molecule has 0 atom stereocenters. The molecule has 0 aliphatic carbocycles. The summed E-state index contributed by atoms with van der Waals surface area (Å²) in [4.78, 5) is 17.7. The van der Waals surface area contributed by atoms with Crippen LogP contribution in [-0.4, -0.2) is 26.2 Å². The minimum atomic E-state index is -0.559. The summed E-state index contributed by atoms with van der Waals surface area (Å²) >= 11 is 0. The summed E-state index contributed by atoms with van der Waals surface area (Å²) in [5.41, 5.74) is 5.80. The maximum absolute atomic E-state index is 12.8. The molecule has 1 heterocycles. The van der Waals surface area contributed by atoms with E-state index in [2.05, 4.69) is 22.8 Å². The fourth-order valence-corrected chi connectivity index (χ4v) is 4.28. The van der Waals surface area contributed by atoms with Crippen molar-refractivity contribution in [3.8, 4) is 28.3 Å². The van der Waals surface area contributed by atoms with E-state index in [0.717, 1.165) is 39.1 Å². The second kappa shape index (κ2) is 9.34. The highest BCUT2D eigenvalue weighted by molar-refractivity contribution is 5.97. The van der Waals surface area contributed by atoms with Crippen molar-refractivity contribution in [2.24, 2.45) is 0 Å². The zero-order valence-electron chi connectivity index (χ0n) is 20.6. The van der Waals surface area contributed by atoms with Gasteiger partial charge in [-0.05, 0) is 79.9 Å². The lowest BCUT2D eigenvalue weighted by Gasteiger charge is -2.20. The third kappa shape index (κ3) is 4.86. The zero-order valence-corrected chi connectivity index (χ0v) is 20.6. The molecule has 0 saturated heterocycles. The number of rotatable bonds is 5. The summed E-state index contributed by atoms with van der Waals surface area (Å²) in [6.07, 6.45) is 0. The SMILES string of the molecule is CC(C)(C)OC(=O)c1ccccc1-c1ccc(Cn2c(-c3ccc(O)cc3)nc3ccccc32)cc1. The van der Waals surface area contributed by atoms with Crippen LogP contribution in [-0.2, 0) is 11.3 Å². The van der Waals surface area contributed by atoms with Crippen LogP contribution in [0.5, 0.6) is 5.75 Å². The molecule has 0 fully saturated rings. The predicted molar refractivity (Wildman–Crippen MR) is 143 cm³/mol. The van der Waals surface area contributed by atoms with Crippen molar-refractivity contribution in [2.45, 2.75) is 32.9 Å². The quantitative estimate of drug-likeness (QED) is 0.275. The number of aromatic hydroxyl groups is 1. The molecular formula is C31H28N2O3. The highest BCUT2D eigenvalue weighted by Crippen LogP contribution is 2.29. The Bertz CT molecular complexity index is 1530. The van der Waals surface area contributed by atoms with Crippen LogP contribution >= 0.6 is 0 Å². The maximum atomic E-state index is 12.8. The van der Waals surface area contributed by atoms with Gasteiger partial charge in [0.05, 0.1) is 16.6 Å². The van der Waals surface area contributed by atoms with E-state index in [1.807, 2.05) is 81.4 Å². The van der Waals surface area contributed by atoms with Gasteiger partial charge in [0, 0.05) is 12.1 Å². The Kier molecular flexibility index (Phi) is 6.06. The second-order valence-electron chi connectivity index (χ2n) is 9.80. The monoisotopic (exact) mass is 476 g/mol. The van der Waals surface area contributed by atoms with Gasteiger partial charge < -0.3 is 14.4 Å². The Morgan fingerprint density at radius 2 is 1.47 bits per heavy atom. The summed E-state index contributed by atoms with van der Waals surface area (Å²) < 4.78 is 7.80. The number of esters is 1. The number of benzene rings is 4. The largest absolute Gasteiger partial charge is 0.508 e. The summed E-state index contributed by atoms with van der Waals surface area (Å²) in [5.74, 6) is 0.741. The summed E-state index contributed by atoms with van der Waals surface area (Å²) in [5, 5.41) is 9.72. The van der Waals surface area contributed by atoms with Crippen molar-refractivity contribution in [3.63, 3.8) is 0 Å². The second-order valence-corrected chi connectivity index (χ2v) is 9.80. The highest BCUT2D eigenvalue weighted by Gasteiger charge is 2.21.